The Morgan fingerprint density at radius 1 is 0.931 bits per heavy atom. The number of hydrogen-bond acceptors (Lipinski definition) is 7. The first-order chi connectivity index (χ1) is 14.0. The molecule has 0 saturated carbocycles. The summed E-state index contributed by atoms with van der Waals surface area (Å²) in [5.74, 6) is 0. The molecule has 1 aliphatic heterocycles. The van der Waals surface area contributed by atoms with Gasteiger partial charge in [-0.15, -0.1) is 0 Å². The highest BCUT2D eigenvalue weighted by Gasteiger charge is 2.20. The molecule has 1 heterocycles. The fourth-order valence-electron chi connectivity index (χ4n) is 3.51. The van der Waals surface area contributed by atoms with E-state index in [1.165, 1.54) is 17.7 Å². The smallest absolute Gasteiger partial charge is 0.299 e. The fraction of sp³-hybridized carbons (Fsp3) is 0.400. The van der Waals surface area contributed by atoms with Crippen molar-refractivity contribution in [2.75, 3.05) is 38.0 Å². The van der Waals surface area contributed by atoms with Crippen LogP contribution in [0, 0.1) is 20.2 Å². The second kappa shape index (κ2) is 9.44. The highest BCUT2D eigenvalue weighted by atomic mass is 16.6. The summed E-state index contributed by atoms with van der Waals surface area (Å²) < 4.78 is 0. The Morgan fingerprint density at radius 3 is 2.21 bits per heavy atom. The van der Waals surface area contributed by atoms with Crippen LogP contribution in [0.15, 0.2) is 42.5 Å². The maximum absolute atomic E-state index is 11.3. The van der Waals surface area contributed by atoms with Gasteiger partial charge in [-0.1, -0.05) is 31.2 Å². The lowest BCUT2D eigenvalue weighted by Gasteiger charge is -2.34. The lowest BCUT2D eigenvalue weighted by molar-refractivity contribution is -0.393. The molecule has 0 unspecified atom stereocenters. The standard InChI is InChI=1S/C20H25N5O4/c1-2-22-9-11-23(12-10-22)15-17-6-4-3-5-16(17)14-21-19-8-7-18(24(26)27)13-20(19)25(28)29/h3-8,13,21H,2,9-12,14-15H2,1H3. The van der Waals surface area contributed by atoms with E-state index in [2.05, 4.69) is 28.1 Å². The Balaban J connectivity index is 1.70. The van der Waals surface area contributed by atoms with Crippen molar-refractivity contribution in [1.29, 1.82) is 0 Å². The van der Waals surface area contributed by atoms with Gasteiger partial charge in [-0.3, -0.25) is 25.1 Å². The zero-order valence-electron chi connectivity index (χ0n) is 16.4. The van der Waals surface area contributed by atoms with Gasteiger partial charge in [-0.25, -0.2) is 0 Å². The lowest BCUT2D eigenvalue weighted by atomic mass is 10.1. The highest BCUT2D eigenvalue weighted by Crippen LogP contribution is 2.29. The van der Waals surface area contributed by atoms with Crippen molar-refractivity contribution in [3.63, 3.8) is 0 Å². The molecule has 0 bridgehead atoms. The average molecular weight is 399 g/mol. The zero-order valence-corrected chi connectivity index (χ0v) is 16.4. The van der Waals surface area contributed by atoms with Gasteiger partial charge < -0.3 is 10.2 Å². The number of benzene rings is 2. The first-order valence-corrected chi connectivity index (χ1v) is 9.66. The molecular weight excluding hydrogens is 374 g/mol. The van der Waals surface area contributed by atoms with Crippen LogP contribution in [0.25, 0.3) is 0 Å². The lowest BCUT2D eigenvalue weighted by Crippen LogP contribution is -2.45. The van der Waals surface area contributed by atoms with E-state index in [1.807, 2.05) is 18.2 Å². The van der Waals surface area contributed by atoms with Gasteiger partial charge in [0, 0.05) is 45.3 Å². The summed E-state index contributed by atoms with van der Waals surface area (Å²) >= 11 is 0. The van der Waals surface area contributed by atoms with Gasteiger partial charge in [0.25, 0.3) is 11.4 Å². The molecule has 0 aromatic heterocycles. The number of anilines is 1. The molecule has 0 radical (unpaired) electrons. The Morgan fingerprint density at radius 2 is 1.59 bits per heavy atom. The third-order valence-electron chi connectivity index (χ3n) is 5.28. The summed E-state index contributed by atoms with van der Waals surface area (Å²) in [7, 11) is 0. The number of nitrogens with one attached hydrogen (secondary N) is 1. The molecule has 0 amide bonds. The Kier molecular flexibility index (Phi) is 6.73. The van der Waals surface area contributed by atoms with Gasteiger partial charge in [0.2, 0.25) is 0 Å². The SMILES string of the molecule is CCN1CCN(Cc2ccccc2CNc2ccc([N+](=O)[O-])cc2[N+](=O)[O-])CC1. The minimum absolute atomic E-state index is 0.270. The van der Waals surface area contributed by atoms with Crippen molar-refractivity contribution in [2.45, 2.75) is 20.0 Å². The number of nitrogens with zero attached hydrogens (tertiary/aromatic N) is 4. The van der Waals surface area contributed by atoms with E-state index in [4.69, 9.17) is 0 Å². The van der Waals surface area contributed by atoms with E-state index in [0.29, 0.717) is 6.54 Å². The number of non-ortho nitro benzene ring substituents is 1. The van der Waals surface area contributed by atoms with Crippen molar-refractivity contribution < 1.29 is 9.85 Å². The Hall–Kier alpha value is -3.04. The van der Waals surface area contributed by atoms with Gasteiger partial charge in [0.05, 0.1) is 15.9 Å². The van der Waals surface area contributed by atoms with Gasteiger partial charge >= 0.3 is 0 Å². The third kappa shape index (κ3) is 5.27. The van der Waals surface area contributed by atoms with Gasteiger partial charge in [-0.05, 0) is 23.7 Å². The molecule has 1 saturated heterocycles. The molecule has 2 aromatic rings. The summed E-state index contributed by atoms with van der Waals surface area (Å²) in [6.07, 6.45) is 0. The quantitative estimate of drug-likeness (QED) is 0.536. The zero-order chi connectivity index (χ0) is 20.8. The molecule has 9 nitrogen and oxygen atoms in total. The van der Waals surface area contributed by atoms with Crippen molar-refractivity contribution in [2.24, 2.45) is 0 Å². The van der Waals surface area contributed by atoms with Gasteiger partial charge in [-0.2, -0.15) is 0 Å². The van der Waals surface area contributed by atoms with E-state index in [0.717, 1.165) is 50.9 Å². The third-order valence-corrected chi connectivity index (χ3v) is 5.28. The predicted octanol–water partition coefficient (Wildman–Crippen LogP) is 3.25. The first-order valence-electron chi connectivity index (χ1n) is 9.66. The molecule has 154 valence electrons. The Labute approximate surface area is 169 Å². The van der Waals surface area contributed by atoms with Crippen molar-refractivity contribution in [1.82, 2.24) is 9.80 Å². The van der Waals surface area contributed by atoms with Gasteiger partial charge in [0.1, 0.15) is 5.69 Å². The molecule has 1 aliphatic rings. The van der Waals surface area contributed by atoms with Crippen molar-refractivity contribution in [3.8, 4) is 0 Å². The molecule has 3 rings (SSSR count). The molecule has 0 aliphatic carbocycles. The predicted molar refractivity (Wildman–Crippen MR) is 111 cm³/mol. The van der Waals surface area contributed by atoms with Crippen molar-refractivity contribution >= 4 is 17.1 Å². The maximum Gasteiger partial charge on any atom is 0.299 e. The largest absolute Gasteiger partial charge is 0.375 e. The molecule has 2 aromatic carbocycles. The van der Waals surface area contributed by atoms with Crippen LogP contribution in [0.1, 0.15) is 18.1 Å². The number of nitro benzene ring substituents is 2. The maximum atomic E-state index is 11.3. The molecule has 29 heavy (non-hydrogen) atoms. The molecule has 0 atom stereocenters. The van der Waals surface area contributed by atoms with Crippen molar-refractivity contribution in [3.05, 3.63) is 73.8 Å². The Bertz CT molecular complexity index is 881. The first kappa shape index (κ1) is 20.7. The van der Waals surface area contributed by atoms with Crippen LogP contribution in [0.3, 0.4) is 0 Å². The van der Waals surface area contributed by atoms with E-state index >= 15 is 0 Å². The number of nitro groups is 2. The summed E-state index contributed by atoms with van der Waals surface area (Å²) in [4.78, 5) is 25.8. The minimum atomic E-state index is -0.635. The topological polar surface area (TPSA) is 105 Å². The second-order valence-corrected chi connectivity index (χ2v) is 7.05. The van der Waals surface area contributed by atoms with E-state index < -0.39 is 9.85 Å². The summed E-state index contributed by atoms with van der Waals surface area (Å²) in [6.45, 7) is 8.64. The summed E-state index contributed by atoms with van der Waals surface area (Å²) in [5, 5.41) is 25.3. The number of hydrogen-bond donors (Lipinski definition) is 1. The average Bonchev–Trinajstić information content (AvgIpc) is 2.73. The second-order valence-electron chi connectivity index (χ2n) is 7.05. The van der Waals surface area contributed by atoms with Crippen LogP contribution >= 0.6 is 0 Å². The molecular formula is C20H25N5O4. The van der Waals surface area contributed by atoms with E-state index in [1.54, 1.807) is 0 Å². The van der Waals surface area contributed by atoms with E-state index in [9.17, 15) is 20.2 Å². The minimum Gasteiger partial charge on any atom is -0.375 e. The molecule has 1 N–H and O–H groups in total. The van der Waals surface area contributed by atoms with Crippen LogP contribution in [-0.4, -0.2) is 52.4 Å². The van der Waals surface area contributed by atoms with Crippen LogP contribution in [-0.2, 0) is 13.1 Å². The fourth-order valence-corrected chi connectivity index (χ4v) is 3.51. The van der Waals surface area contributed by atoms with Crippen LogP contribution in [0.4, 0.5) is 17.1 Å². The van der Waals surface area contributed by atoms with Crippen LogP contribution < -0.4 is 5.32 Å². The molecule has 0 spiro atoms. The van der Waals surface area contributed by atoms with Crippen LogP contribution in [0.5, 0.6) is 0 Å². The number of piperazine rings is 1. The summed E-state index contributed by atoms with van der Waals surface area (Å²) in [6, 6.07) is 11.7. The monoisotopic (exact) mass is 399 g/mol. The normalized spacial score (nSPS) is 15.2. The number of rotatable bonds is 8. The number of likely N-dealkylation sites (N-methyl/N-ethyl adjacent to an activating group) is 1. The van der Waals surface area contributed by atoms with Gasteiger partial charge in [0.15, 0.2) is 0 Å². The molecule has 9 heteroatoms. The molecule has 1 fully saturated rings. The van der Waals surface area contributed by atoms with E-state index in [-0.39, 0.29) is 17.1 Å². The van der Waals surface area contributed by atoms with Crippen LogP contribution in [0.2, 0.25) is 0 Å². The summed E-state index contributed by atoms with van der Waals surface area (Å²) in [5.41, 5.74) is 1.90. The highest BCUT2D eigenvalue weighted by molar-refractivity contribution is 5.65.